The Labute approximate surface area is 120 Å². The minimum absolute atomic E-state index is 0.542. The van der Waals surface area contributed by atoms with Crippen LogP contribution in [0.15, 0.2) is 12.1 Å². The lowest BCUT2D eigenvalue weighted by atomic mass is 9.77. The highest BCUT2D eigenvalue weighted by atomic mass is 35.5. The van der Waals surface area contributed by atoms with Crippen molar-refractivity contribution in [2.24, 2.45) is 11.8 Å². The summed E-state index contributed by atoms with van der Waals surface area (Å²) in [5.74, 6) is 5.82. The molecule has 0 aromatic heterocycles. The van der Waals surface area contributed by atoms with E-state index in [-0.39, 0.29) is 0 Å². The molecule has 1 aromatic carbocycles. The van der Waals surface area contributed by atoms with E-state index in [9.17, 15) is 0 Å². The molecule has 2 bridgehead atoms. The summed E-state index contributed by atoms with van der Waals surface area (Å²) in [7, 11) is 1.70. The van der Waals surface area contributed by atoms with Gasteiger partial charge in [-0.05, 0) is 49.1 Å². The Bertz CT molecular complexity index is 517. The number of terminal acetylenes is 1. The fourth-order valence-electron chi connectivity index (χ4n) is 3.98. The van der Waals surface area contributed by atoms with Crippen LogP contribution in [-0.2, 0) is 0 Å². The predicted octanol–water partition coefficient (Wildman–Crippen LogP) is 4.62. The highest BCUT2D eigenvalue weighted by Gasteiger charge is 2.36. The first-order chi connectivity index (χ1) is 9.21. The van der Waals surface area contributed by atoms with Gasteiger partial charge in [-0.1, -0.05) is 30.4 Å². The van der Waals surface area contributed by atoms with Gasteiger partial charge in [0.1, 0.15) is 5.75 Å². The van der Waals surface area contributed by atoms with Gasteiger partial charge in [0.25, 0.3) is 0 Å². The van der Waals surface area contributed by atoms with Crippen molar-refractivity contribution in [3.63, 3.8) is 0 Å². The first-order valence-electron chi connectivity index (χ1n) is 7.05. The smallest absolute Gasteiger partial charge is 0.125 e. The van der Waals surface area contributed by atoms with E-state index in [0.29, 0.717) is 5.92 Å². The summed E-state index contributed by atoms with van der Waals surface area (Å²) in [4.78, 5) is 0. The molecule has 3 rings (SSSR count). The second-order valence-corrected chi connectivity index (χ2v) is 6.34. The number of hydrogen-bond acceptors (Lipinski definition) is 1. The fraction of sp³-hybridized carbons (Fsp3) is 0.529. The van der Waals surface area contributed by atoms with E-state index in [0.717, 1.165) is 28.2 Å². The number of methoxy groups -OCH3 is 1. The summed E-state index contributed by atoms with van der Waals surface area (Å²) in [6, 6.07) is 3.84. The molecule has 0 amide bonds. The van der Waals surface area contributed by atoms with Gasteiger partial charge in [-0.25, -0.2) is 0 Å². The summed E-state index contributed by atoms with van der Waals surface area (Å²) in [6.45, 7) is 0. The minimum atomic E-state index is 0.542. The normalized spacial score (nSPS) is 29.0. The summed E-state index contributed by atoms with van der Waals surface area (Å²) in [6.07, 6.45) is 12.2. The molecule has 1 nitrogen and oxygen atoms in total. The maximum atomic E-state index is 6.47. The molecule has 1 aromatic rings. The Hall–Kier alpha value is -1.13. The zero-order valence-electron chi connectivity index (χ0n) is 11.3. The molecule has 0 heterocycles. The lowest BCUT2D eigenvalue weighted by Gasteiger charge is -2.29. The maximum Gasteiger partial charge on any atom is 0.125 e. The minimum Gasteiger partial charge on any atom is -0.496 e. The summed E-state index contributed by atoms with van der Waals surface area (Å²) in [5, 5.41) is 0.776. The molecule has 2 unspecified atom stereocenters. The zero-order chi connectivity index (χ0) is 13.4. The van der Waals surface area contributed by atoms with Crippen LogP contribution in [0.3, 0.4) is 0 Å². The Kier molecular flexibility index (Phi) is 3.46. The van der Waals surface area contributed by atoms with Crippen LogP contribution in [0.4, 0.5) is 0 Å². The molecule has 2 atom stereocenters. The van der Waals surface area contributed by atoms with Gasteiger partial charge >= 0.3 is 0 Å². The number of halogens is 1. The molecule has 100 valence electrons. The molecular weight excluding hydrogens is 256 g/mol. The van der Waals surface area contributed by atoms with E-state index in [1.165, 1.54) is 37.7 Å². The van der Waals surface area contributed by atoms with Crippen molar-refractivity contribution in [2.75, 3.05) is 7.11 Å². The van der Waals surface area contributed by atoms with Gasteiger partial charge in [-0.3, -0.25) is 0 Å². The van der Waals surface area contributed by atoms with Crippen molar-refractivity contribution in [3.8, 4) is 18.1 Å². The molecule has 2 aliphatic carbocycles. The maximum absolute atomic E-state index is 6.47. The van der Waals surface area contributed by atoms with E-state index in [1.807, 2.05) is 12.1 Å². The van der Waals surface area contributed by atoms with Crippen molar-refractivity contribution in [3.05, 3.63) is 28.3 Å². The highest BCUT2D eigenvalue weighted by Crippen LogP contribution is 2.51. The first-order valence-corrected chi connectivity index (χ1v) is 7.43. The Morgan fingerprint density at radius 1 is 1.21 bits per heavy atom. The number of rotatable bonds is 2. The molecule has 0 aliphatic heterocycles. The van der Waals surface area contributed by atoms with Gasteiger partial charge in [0.15, 0.2) is 0 Å². The van der Waals surface area contributed by atoms with E-state index in [1.54, 1.807) is 7.11 Å². The lowest BCUT2D eigenvalue weighted by molar-refractivity contribution is 0.311. The van der Waals surface area contributed by atoms with E-state index in [2.05, 4.69) is 5.92 Å². The summed E-state index contributed by atoms with van der Waals surface area (Å²) in [5.41, 5.74) is 1.98. The number of fused-ring (bicyclic) bond motifs is 2. The van der Waals surface area contributed by atoms with Gasteiger partial charge in [-0.15, -0.1) is 6.42 Å². The average Bonchev–Trinajstić information content (AvgIpc) is 2.76. The quantitative estimate of drug-likeness (QED) is 0.715. The van der Waals surface area contributed by atoms with Crippen molar-refractivity contribution in [1.29, 1.82) is 0 Å². The molecule has 2 fully saturated rings. The second-order valence-electron chi connectivity index (χ2n) is 5.93. The number of benzene rings is 1. The molecule has 2 aliphatic rings. The molecule has 0 N–H and O–H groups in total. The van der Waals surface area contributed by atoms with Crippen LogP contribution < -0.4 is 4.74 Å². The molecular formula is C17H19ClO. The average molecular weight is 275 g/mol. The SMILES string of the molecule is C#Cc1cc(Cl)c(C2CC3CCC(C3)C2)c(OC)c1. The Balaban J connectivity index is 1.98. The predicted molar refractivity (Wildman–Crippen MR) is 78.7 cm³/mol. The third-order valence-electron chi connectivity index (χ3n) is 4.77. The lowest BCUT2D eigenvalue weighted by Crippen LogP contribution is -2.15. The van der Waals surface area contributed by atoms with E-state index in [4.69, 9.17) is 22.8 Å². The van der Waals surface area contributed by atoms with Gasteiger partial charge in [-0.2, -0.15) is 0 Å². The second kappa shape index (κ2) is 5.10. The molecule has 2 heteroatoms. The fourth-order valence-corrected chi connectivity index (χ4v) is 4.35. The van der Waals surface area contributed by atoms with Gasteiger partial charge in [0.2, 0.25) is 0 Å². The number of hydrogen-bond donors (Lipinski definition) is 0. The summed E-state index contributed by atoms with van der Waals surface area (Å²) >= 11 is 6.47. The van der Waals surface area contributed by atoms with Crippen molar-refractivity contribution in [2.45, 2.75) is 38.0 Å². The molecule has 0 spiro atoms. The van der Waals surface area contributed by atoms with Gasteiger partial charge < -0.3 is 4.74 Å². The van der Waals surface area contributed by atoms with Crippen LogP contribution >= 0.6 is 11.6 Å². The van der Waals surface area contributed by atoms with Crippen LogP contribution in [0.25, 0.3) is 0 Å². The summed E-state index contributed by atoms with van der Waals surface area (Å²) < 4.78 is 5.53. The molecule has 2 saturated carbocycles. The van der Waals surface area contributed by atoms with Crippen LogP contribution in [0.1, 0.15) is 49.1 Å². The monoisotopic (exact) mass is 274 g/mol. The van der Waals surface area contributed by atoms with Crippen LogP contribution in [0.5, 0.6) is 5.75 Å². The van der Waals surface area contributed by atoms with E-state index >= 15 is 0 Å². The molecule has 19 heavy (non-hydrogen) atoms. The van der Waals surface area contributed by atoms with Crippen LogP contribution in [0, 0.1) is 24.2 Å². The third-order valence-corrected chi connectivity index (χ3v) is 5.08. The van der Waals surface area contributed by atoms with Gasteiger partial charge in [0, 0.05) is 16.1 Å². The van der Waals surface area contributed by atoms with Crippen LogP contribution in [0.2, 0.25) is 5.02 Å². The van der Waals surface area contributed by atoms with E-state index < -0.39 is 0 Å². The third kappa shape index (κ3) is 2.35. The Morgan fingerprint density at radius 2 is 1.89 bits per heavy atom. The molecule has 0 saturated heterocycles. The topological polar surface area (TPSA) is 9.23 Å². The molecule has 0 radical (unpaired) electrons. The zero-order valence-corrected chi connectivity index (χ0v) is 12.0. The largest absolute Gasteiger partial charge is 0.496 e. The standard InChI is InChI=1S/C17H19ClO/c1-3-11-9-15(18)17(16(10-11)19-2)14-7-12-4-5-13(6-12)8-14/h1,9-10,12-14H,4-8H2,2H3. The number of ether oxygens (including phenoxy) is 1. The van der Waals surface area contributed by atoms with Gasteiger partial charge in [0.05, 0.1) is 7.11 Å². The van der Waals surface area contributed by atoms with Crippen molar-refractivity contribution in [1.82, 2.24) is 0 Å². The first kappa shape index (κ1) is 12.9. The Morgan fingerprint density at radius 3 is 2.47 bits per heavy atom. The van der Waals surface area contributed by atoms with Crippen molar-refractivity contribution >= 4 is 11.6 Å². The van der Waals surface area contributed by atoms with Crippen LogP contribution in [-0.4, -0.2) is 7.11 Å². The van der Waals surface area contributed by atoms with Crippen molar-refractivity contribution < 1.29 is 4.74 Å². The highest BCUT2D eigenvalue weighted by molar-refractivity contribution is 6.31.